The smallest absolute Gasteiger partial charge is 0.234 e. The van der Waals surface area contributed by atoms with Gasteiger partial charge in [-0.05, 0) is 59.0 Å². The molecule has 0 atom stereocenters. The molecular weight excluding hydrogens is 407 g/mol. The topological polar surface area (TPSA) is 55.1 Å². The van der Waals surface area contributed by atoms with Crippen molar-refractivity contribution < 1.29 is 4.79 Å². The number of anilines is 2. The monoisotopic (exact) mass is 418 g/mol. The summed E-state index contributed by atoms with van der Waals surface area (Å²) in [5.74, 6) is 0.274. The zero-order valence-electron chi connectivity index (χ0n) is 10.4. The van der Waals surface area contributed by atoms with Gasteiger partial charge >= 0.3 is 0 Å². The molecule has 0 radical (unpaired) electrons. The quantitative estimate of drug-likeness (QED) is 0.443. The van der Waals surface area contributed by atoms with E-state index in [0.29, 0.717) is 16.5 Å². The number of hydrogen-bond acceptors (Lipinski definition) is 3. The number of carbonyl (C=O) groups excluding carboxylic acids is 1. The second-order valence-electron chi connectivity index (χ2n) is 4.03. The molecule has 104 valence electrons. The first-order chi connectivity index (χ1) is 9.54. The molecule has 0 aliphatic rings. The number of nitrogens with one attached hydrogen (secondary N) is 1. The summed E-state index contributed by atoms with van der Waals surface area (Å²) in [5, 5.41) is 3.36. The highest BCUT2D eigenvalue weighted by atomic mass is 127. The average Bonchev–Trinajstić information content (AvgIpc) is 2.40. The molecule has 0 fully saturated rings. The van der Waals surface area contributed by atoms with E-state index in [9.17, 15) is 4.79 Å². The van der Waals surface area contributed by atoms with Crippen molar-refractivity contribution in [1.82, 2.24) is 0 Å². The maximum atomic E-state index is 11.9. The number of halogens is 2. The molecular formula is C14H12ClIN2OS. The summed E-state index contributed by atoms with van der Waals surface area (Å²) < 4.78 is 1.08. The lowest BCUT2D eigenvalue weighted by molar-refractivity contribution is -0.113. The van der Waals surface area contributed by atoms with Gasteiger partial charge in [0.05, 0.1) is 16.5 Å². The van der Waals surface area contributed by atoms with Crippen LogP contribution in [0.5, 0.6) is 0 Å². The van der Waals surface area contributed by atoms with E-state index in [-0.39, 0.29) is 5.91 Å². The summed E-state index contributed by atoms with van der Waals surface area (Å²) in [6.45, 7) is 0. The Kier molecular flexibility index (Phi) is 5.56. The summed E-state index contributed by atoms with van der Waals surface area (Å²) in [6.07, 6.45) is 0. The van der Waals surface area contributed by atoms with Crippen LogP contribution < -0.4 is 11.1 Å². The van der Waals surface area contributed by atoms with E-state index in [1.165, 1.54) is 11.8 Å². The van der Waals surface area contributed by atoms with E-state index in [2.05, 4.69) is 27.9 Å². The van der Waals surface area contributed by atoms with Crippen molar-refractivity contribution >= 4 is 63.2 Å². The third kappa shape index (κ3) is 4.57. The highest BCUT2D eigenvalue weighted by Gasteiger charge is 2.05. The van der Waals surface area contributed by atoms with Crippen LogP contribution in [0, 0.1) is 3.57 Å². The average molecular weight is 419 g/mol. The van der Waals surface area contributed by atoms with Gasteiger partial charge in [-0.3, -0.25) is 4.79 Å². The van der Waals surface area contributed by atoms with Crippen LogP contribution in [0.25, 0.3) is 0 Å². The molecule has 20 heavy (non-hydrogen) atoms. The van der Waals surface area contributed by atoms with Gasteiger partial charge in [0.25, 0.3) is 0 Å². The minimum absolute atomic E-state index is 0.0510. The zero-order valence-corrected chi connectivity index (χ0v) is 14.1. The Hall–Kier alpha value is -0.920. The van der Waals surface area contributed by atoms with E-state index in [1.54, 1.807) is 12.1 Å². The summed E-state index contributed by atoms with van der Waals surface area (Å²) in [4.78, 5) is 12.8. The van der Waals surface area contributed by atoms with Gasteiger partial charge in [0.2, 0.25) is 5.91 Å². The summed E-state index contributed by atoms with van der Waals surface area (Å²) in [6, 6.07) is 13.0. The van der Waals surface area contributed by atoms with Gasteiger partial charge in [0.15, 0.2) is 0 Å². The normalized spacial score (nSPS) is 10.3. The molecule has 3 N–H and O–H groups in total. The first-order valence-corrected chi connectivity index (χ1v) is 8.22. The molecule has 0 saturated heterocycles. The molecule has 1 amide bonds. The van der Waals surface area contributed by atoms with Crippen molar-refractivity contribution in [2.75, 3.05) is 16.8 Å². The van der Waals surface area contributed by atoms with Crippen LogP contribution in [0.1, 0.15) is 0 Å². The van der Waals surface area contributed by atoms with Crippen molar-refractivity contribution in [3.63, 3.8) is 0 Å². The number of hydrogen-bond donors (Lipinski definition) is 2. The Balaban J connectivity index is 1.90. The fourth-order valence-corrected chi connectivity index (χ4v) is 3.03. The summed E-state index contributed by atoms with van der Waals surface area (Å²) in [7, 11) is 0. The number of amides is 1. The molecule has 6 heteroatoms. The Morgan fingerprint density at radius 1 is 1.30 bits per heavy atom. The summed E-state index contributed by atoms with van der Waals surface area (Å²) >= 11 is 9.56. The minimum atomic E-state index is -0.0510. The van der Waals surface area contributed by atoms with E-state index < -0.39 is 0 Å². The van der Waals surface area contributed by atoms with E-state index in [4.69, 9.17) is 17.3 Å². The molecule has 2 rings (SSSR count). The fraction of sp³-hybridized carbons (Fsp3) is 0.0714. The van der Waals surface area contributed by atoms with Crippen molar-refractivity contribution in [3.05, 3.63) is 51.1 Å². The first-order valence-electron chi connectivity index (χ1n) is 5.78. The number of rotatable bonds is 4. The van der Waals surface area contributed by atoms with Crippen molar-refractivity contribution in [2.45, 2.75) is 4.90 Å². The molecule has 3 nitrogen and oxygen atoms in total. The predicted octanol–water partition coefficient (Wildman–Crippen LogP) is 4.26. The molecule has 0 aliphatic carbocycles. The third-order valence-electron chi connectivity index (χ3n) is 2.45. The molecule has 0 aromatic heterocycles. The van der Waals surface area contributed by atoms with Gasteiger partial charge in [0, 0.05) is 14.2 Å². The van der Waals surface area contributed by atoms with Crippen molar-refractivity contribution in [1.29, 1.82) is 0 Å². The largest absolute Gasteiger partial charge is 0.398 e. The number of nitrogen functional groups attached to an aromatic ring is 1. The molecule has 0 unspecified atom stereocenters. The van der Waals surface area contributed by atoms with Crippen LogP contribution in [-0.2, 0) is 4.79 Å². The van der Waals surface area contributed by atoms with Gasteiger partial charge < -0.3 is 11.1 Å². The van der Waals surface area contributed by atoms with Crippen LogP contribution in [0.3, 0.4) is 0 Å². The molecule has 0 saturated carbocycles. The zero-order chi connectivity index (χ0) is 14.5. The lowest BCUT2D eigenvalue weighted by Gasteiger charge is -2.06. The van der Waals surface area contributed by atoms with Gasteiger partial charge in [-0.25, -0.2) is 0 Å². The fourth-order valence-electron chi connectivity index (χ4n) is 1.51. The molecule has 0 aliphatic heterocycles. The Morgan fingerprint density at radius 3 is 2.80 bits per heavy atom. The predicted molar refractivity (Wildman–Crippen MR) is 94.4 cm³/mol. The van der Waals surface area contributed by atoms with Gasteiger partial charge in [-0.2, -0.15) is 0 Å². The maximum absolute atomic E-state index is 11.9. The third-order valence-corrected chi connectivity index (χ3v) is 4.44. The second kappa shape index (κ2) is 7.19. The number of thioether (sulfide) groups is 1. The Morgan fingerprint density at radius 2 is 2.10 bits per heavy atom. The lowest BCUT2D eigenvalue weighted by atomic mass is 10.3. The highest BCUT2D eigenvalue weighted by Crippen LogP contribution is 2.26. The summed E-state index contributed by atoms with van der Waals surface area (Å²) in [5.41, 5.74) is 6.98. The van der Waals surface area contributed by atoms with Crippen LogP contribution in [0.2, 0.25) is 5.02 Å². The van der Waals surface area contributed by atoms with Crippen LogP contribution >= 0.6 is 46.0 Å². The van der Waals surface area contributed by atoms with Gasteiger partial charge in [0.1, 0.15) is 0 Å². The van der Waals surface area contributed by atoms with Crippen LogP contribution in [0.4, 0.5) is 11.4 Å². The number of carbonyl (C=O) groups is 1. The number of benzene rings is 2. The highest BCUT2D eigenvalue weighted by molar-refractivity contribution is 14.1. The standard InChI is InChI=1S/C14H12ClIN2OS/c15-12-7-11(4-5-13(12)17)20-8-14(19)18-10-3-1-2-9(16)6-10/h1-7H,8,17H2,(H,18,19). The molecule has 2 aromatic rings. The lowest BCUT2D eigenvalue weighted by Crippen LogP contribution is -2.13. The van der Waals surface area contributed by atoms with Crippen molar-refractivity contribution in [3.8, 4) is 0 Å². The molecule has 0 bridgehead atoms. The van der Waals surface area contributed by atoms with Gasteiger partial charge in [-0.15, -0.1) is 11.8 Å². The Bertz CT molecular complexity index is 636. The van der Waals surface area contributed by atoms with Crippen molar-refractivity contribution in [2.24, 2.45) is 0 Å². The van der Waals surface area contributed by atoms with Crippen LogP contribution in [0.15, 0.2) is 47.4 Å². The maximum Gasteiger partial charge on any atom is 0.234 e. The number of nitrogens with two attached hydrogens (primary N) is 1. The van der Waals surface area contributed by atoms with Crippen LogP contribution in [-0.4, -0.2) is 11.7 Å². The van der Waals surface area contributed by atoms with E-state index in [1.807, 2.05) is 30.3 Å². The minimum Gasteiger partial charge on any atom is -0.398 e. The molecule has 2 aromatic carbocycles. The van der Waals surface area contributed by atoms with E-state index in [0.717, 1.165) is 14.2 Å². The SMILES string of the molecule is Nc1ccc(SCC(=O)Nc2cccc(I)c2)cc1Cl. The van der Waals surface area contributed by atoms with Gasteiger partial charge in [-0.1, -0.05) is 17.7 Å². The molecule has 0 spiro atoms. The Labute approximate surface area is 140 Å². The van der Waals surface area contributed by atoms with E-state index >= 15 is 0 Å². The molecule has 0 heterocycles. The first kappa shape index (κ1) is 15.5. The second-order valence-corrected chi connectivity index (χ2v) is 6.73.